The molecule has 0 fully saturated rings. The van der Waals surface area contributed by atoms with Crippen molar-refractivity contribution in [1.82, 2.24) is 5.32 Å². The fraction of sp³-hybridized carbons (Fsp3) is 0.222. The van der Waals surface area contributed by atoms with E-state index in [1.54, 1.807) is 0 Å². The molecule has 1 unspecified atom stereocenters. The van der Waals surface area contributed by atoms with E-state index in [-0.39, 0.29) is 6.04 Å². The SMILES string of the molecule is CC(N/C=C/C(=O)O)c1ccc(Cl)s1. The third-order valence-corrected chi connectivity index (χ3v) is 3.01. The van der Waals surface area contributed by atoms with Gasteiger partial charge >= 0.3 is 5.97 Å². The number of aliphatic carboxylic acids is 1. The zero-order chi connectivity index (χ0) is 10.6. The number of halogens is 1. The highest BCUT2D eigenvalue weighted by Gasteiger charge is 2.05. The number of carbonyl (C=O) groups is 1. The minimum absolute atomic E-state index is 0.0723. The number of carboxylic acid groups (broad SMARTS) is 1. The molecule has 1 aromatic rings. The van der Waals surface area contributed by atoms with Crippen molar-refractivity contribution in [3.05, 3.63) is 33.6 Å². The van der Waals surface area contributed by atoms with Crippen molar-refractivity contribution < 1.29 is 9.90 Å². The van der Waals surface area contributed by atoms with Crippen molar-refractivity contribution in [1.29, 1.82) is 0 Å². The van der Waals surface area contributed by atoms with Crippen LogP contribution in [0.1, 0.15) is 17.8 Å². The molecule has 14 heavy (non-hydrogen) atoms. The maximum absolute atomic E-state index is 10.2. The molecule has 76 valence electrons. The van der Waals surface area contributed by atoms with E-state index < -0.39 is 5.97 Å². The predicted molar refractivity (Wildman–Crippen MR) is 57.7 cm³/mol. The van der Waals surface area contributed by atoms with Crippen molar-refractivity contribution in [2.24, 2.45) is 0 Å². The van der Waals surface area contributed by atoms with Gasteiger partial charge in [-0.25, -0.2) is 4.79 Å². The van der Waals surface area contributed by atoms with E-state index in [9.17, 15) is 4.79 Å². The lowest BCUT2D eigenvalue weighted by atomic mass is 10.3. The fourth-order valence-electron chi connectivity index (χ4n) is 0.907. The molecule has 0 spiro atoms. The molecule has 1 atom stereocenters. The van der Waals surface area contributed by atoms with Gasteiger partial charge in [0.05, 0.1) is 10.4 Å². The first kappa shape index (κ1) is 11.1. The Bertz CT molecular complexity index is 348. The Morgan fingerprint density at radius 2 is 2.43 bits per heavy atom. The van der Waals surface area contributed by atoms with Crippen molar-refractivity contribution in [2.75, 3.05) is 0 Å². The zero-order valence-corrected chi connectivity index (χ0v) is 9.10. The van der Waals surface area contributed by atoms with Gasteiger partial charge in [-0.2, -0.15) is 0 Å². The van der Waals surface area contributed by atoms with Gasteiger partial charge in [0.15, 0.2) is 0 Å². The van der Waals surface area contributed by atoms with Crippen molar-refractivity contribution in [3.63, 3.8) is 0 Å². The van der Waals surface area contributed by atoms with Gasteiger partial charge in [-0.1, -0.05) is 11.6 Å². The first-order chi connectivity index (χ1) is 6.59. The van der Waals surface area contributed by atoms with Gasteiger partial charge in [0.2, 0.25) is 0 Å². The molecule has 1 heterocycles. The number of hydrogen-bond donors (Lipinski definition) is 2. The Labute approximate surface area is 91.0 Å². The molecule has 0 amide bonds. The van der Waals surface area contributed by atoms with E-state index in [0.717, 1.165) is 15.3 Å². The maximum Gasteiger partial charge on any atom is 0.329 e. The van der Waals surface area contributed by atoms with Crippen LogP contribution >= 0.6 is 22.9 Å². The minimum atomic E-state index is -0.964. The van der Waals surface area contributed by atoms with E-state index in [0.29, 0.717) is 0 Å². The summed E-state index contributed by atoms with van der Waals surface area (Å²) in [6, 6.07) is 3.81. The summed E-state index contributed by atoms with van der Waals surface area (Å²) in [5, 5.41) is 11.3. The second-order valence-corrected chi connectivity index (χ2v) is 4.45. The lowest BCUT2D eigenvalue weighted by Gasteiger charge is -2.08. The molecule has 0 saturated carbocycles. The second-order valence-electron chi connectivity index (χ2n) is 2.70. The minimum Gasteiger partial charge on any atom is -0.478 e. The van der Waals surface area contributed by atoms with Crippen LogP contribution in [-0.4, -0.2) is 11.1 Å². The van der Waals surface area contributed by atoms with E-state index in [1.165, 1.54) is 17.5 Å². The lowest BCUT2D eigenvalue weighted by Crippen LogP contribution is -2.10. The van der Waals surface area contributed by atoms with Gasteiger partial charge in [-0.05, 0) is 19.1 Å². The van der Waals surface area contributed by atoms with E-state index in [1.807, 2.05) is 19.1 Å². The third-order valence-electron chi connectivity index (χ3n) is 1.59. The van der Waals surface area contributed by atoms with Crippen LogP contribution in [0.2, 0.25) is 4.34 Å². The Hall–Kier alpha value is -1.000. The van der Waals surface area contributed by atoms with Gasteiger partial charge in [0.25, 0.3) is 0 Å². The molecule has 0 aromatic carbocycles. The van der Waals surface area contributed by atoms with Crippen LogP contribution < -0.4 is 5.32 Å². The summed E-state index contributed by atoms with van der Waals surface area (Å²) in [6.45, 7) is 1.94. The van der Waals surface area contributed by atoms with Crippen molar-refractivity contribution >= 4 is 28.9 Å². The molecule has 5 heteroatoms. The molecule has 1 rings (SSSR count). The summed E-state index contributed by atoms with van der Waals surface area (Å²) < 4.78 is 0.732. The number of rotatable bonds is 4. The largest absolute Gasteiger partial charge is 0.478 e. The van der Waals surface area contributed by atoms with Gasteiger partial charge in [-0.15, -0.1) is 11.3 Å². The summed E-state index contributed by atoms with van der Waals surface area (Å²) >= 11 is 7.24. The molecular weight excluding hydrogens is 222 g/mol. The number of nitrogens with one attached hydrogen (secondary N) is 1. The highest BCUT2D eigenvalue weighted by Crippen LogP contribution is 2.26. The van der Waals surface area contributed by atoms with Crippen LogP contribution in [0.5, 0.6) is 0 Å². The Morgan fingerprint density at radius 1 is 1.71 bits per heavy atom. The van der Waals surface area contributed by atoms with Gasteiger partial charge in [0.1, 0.15) is 0 Å². The molecular formula is C9H10ClNO2S. The first-order valence-electron chi connectivity index (χ1n) is 4.00. The zero-order valence-electron chi connectivity index (χ0n) is 7.53. The van der Waals surface area contributed by atoms with Crippen LogP contribution in [0, 0.1) is 0 Å². The van der Waals surface area contributed by atoms with Crippen molar-refractivity contribution in [2.45, 2.75) is 13.0 Å². The molecule has 2 N–H and O–H groups in total. The average Bonchev–Trinajstić information content (AvgIpc) is 2.51. The molecule has 0 aliphatic carbocycles. The fourth-order valence-corrected chi connectivity index (χ4v) is 1.98. The summed E-state index contributed by atoms with van der Waals surface area (Å²) in [5.74, 6) is -0.964. The Morgan fingerprint density at radius 3 is 2.93 bits per heavy atom. The lowest BCUT2D eigenvalue weighted by molar-refractivity contribution is -0.131. The van der Waals surface area contributed by atoms with E-state index in [4.69, 9.17) is 16.7 Å². The third kappa shape index (κ3) is 3.40. The van der Waals surface area contributed by atoms with Crippen LogP contribution in [0.15, 0.2) is 24.4 Å². The highest BCUT2D eigenvalue weighted by molar-refractivity contribution is 7.16. The summed E-state index contributed by atoms with van der Waals surface area (Å²) in [7, 11) is 0. The normalized spacial score (nSPS) is 13.0. The molecule has 0 aliphatic heterocycles. The maximum atomic E-state index is 10.2. The molecule has 0 bridgehead atoms. The molecule has 0 radical (unpaired) electrons. The highest BCUT2D eigenvalue weighted by atomic mass is 35.5. The number of carboxylic acids is 1. The summed E-state index contributed by atoms with van der Waals surface area (Å²) in [5.41, 5.74) is 0. The van der Waals surface area contributed by atoms with E-state index in [2.05, 4.69) is 5.32 Å². The second kappa shape index (κ2) is 5.02. The molecule has 0 saturated heterocycles. The average molecular weight is 232 g/mol. The van der Waals surface area contributed by atoms with Crippen LogP contribution in [0.25, 0.3) is 0 Å². The predicted octanol–water partition coefficient (Wildman–Crippen LogP) is 2.65. The quantitative estimate of drug-likeness (QED) is 0.784. The molecule has 3 nitrogen and oxygen atoms in total. The molecule has 0 aliphatic rings. The summed E-state index contributed by atoms with van der Waals surface area (Å²) in [6.07, 6.45) is 2.48. The standard InChI is InChI=1S/C9H10ClNO2S/c1-6(11-5-4-9(12)13)7-2-3-8(10)14-7/h2-6,11H,1H3,(H,12,13)/b5-4+. The topological polar surface area (TPSA) is 49.3 Å². The van der Waals surface area contributed by atoms with Crippen LogP contribution in [0.4, 0.5) is 0 Å². The monoisotopic (exact) mass is 231 g/mol. The van der Waals surface area contributed by atoms with Gasteiger partial charge in [0, 0.05) is 17.2 Å². The number of hydrogen-bond acceptors (Lipinski definition) is 3. The number of thiophene rings is 1. The smallest absolute Gasteiger partial charge is 0.329 e. The van der Waals surface area contributed by atoms with Gasteiger partial charge < -0.3 is 10.4 Å². The summed E-state index contributed by atoms with van der Waals surface area (Å²) in [4.78, 5) is 11.3. The van der Waals surface area contributed by atoms with E-state index >= 15 is 0 Å². The Balaban J connectivity index is 2.50. The van der Waals surface area contributed by atoms with Crippen LogP contribution in [0.3, 0.4) is 0 Å². The molecule has 1 aromatic heterocycles. The van der Waals surface area contributed by atoms with Crippen molar-refractivity contribution in [3.8, 4) is 0 Å². The Kier molecular flexibility index (Phi) is 3.98. The van der Waals surface area contributed by atoms with Gasteiger partial charge in [-0.3, -0.25) is 0 Å². The first-order valence-corrected chi connectivity index (χ1v) is 5.20. The van der Waals surface area contributed by atoms with Crippen LogP contribution in [-0.2, 0) is 4.79 Å².